The van der Waals surface area contributed by atoms with Gasteiger partial charge in [-0.05, 0) is 44.4 Å². The Hall–Kier alpha value is -3.09. The van der Waals surface area contributed by atoms with Crippen molar-refractivity contribution in [1.29, 1.82) is 0 Å². The van der Waals surface area contributed by atoms with Crippen LogP contribution in [-0.2, 0) is 6.54 Å². The number of carbonyl (C=O) groups is 2. The SMILES string of the molecule is CC(C)NC(=O)c1ccccc1NC(=O)N1CC2C[C@H](C1)Cn1c2cccc1=O. The fourth-order valence-electron chi connectivity index (χ4n) is 4.39. The molecule has 1 saturated heterocycles. The number of amides is 3. The minimum Gasteiger partial charge on any atom is -0.350 e. The van der Waals surface area contributed by atoms with Gasteiger partial charge >= 0.3 is 6.03 Å². The maximum absolute atomic E-state index is 13.0. The number of urea groups is 1. The minimum atomic E-state index is -0.212. The van der Waals surface area contributed by atoms with E-state index in [0.29, 0.717) is 30.9 Å². The molecule has 1 fully saturated rings. The summed E-state index contributed by atoms with van der Waals surface area (Å²) >= 11 is 0. The standard InChI is InChI=1S/C22H26N4O3/c1-14(2)23-21(28)17-6-3-4-7-18(17)24-22(29)25-11-15-10-16(13-25)19-8-5-9-20(27)26(19)12-15/h3-9,14-16H,10-13H2,1-2H3,(H,23,28)(H,24,29)/t15-,16?/m1/s1. The molecule has 2 aliphatic rings. The van der Waals surface area contributed by atoms with Crippen molar-refractivity contribution in [3.05, 3.63) is 64.1 Å². The number of benzene rings is 1. The lowest BCUT2D eigenvalue weighted by atomic mass is 9.83. The minimum absolute atomic E-state index is 0.0104. The van der Waals surface area contributed by atoms with Gasteiger partial charge in [-0.25, -0.2) is 4.79 Å². The zero-order valence-corrected chi connectivity index (χ0v) is 16.7. The van der Waals surface area contributed by atoms with Crippen LogP contribution >= 0.6 is 0 Å². The van der Waals surface area contributed by atoms with Crippen molar-refractivity contribution in [3.63, 3.8) is 0 Å². The maximum Gasteiger partial charge on any atom is 0.321 e. The molecule has 1 aromatic carbocycles. The molecule has 0 spiro atoms. The molecule has 0 saturated carbocycles. The van der Waals surface area contributed by atoms with E-state index in [1.807, 2.05) is 24.5 Å². The summed E-state index contributed by atoms with van der Waals surface area (Å²) in [6.07, 6.45) is 0.987. The van der Waals surface area contributed by atoms with Crippen LogP contribution in [0.25, 0.3) is 0 Å². The predicted molar refractivity (Wildman–Crippen MR) is 111 cm³/mol. The monoisotopic (exact) mass is 394 g/mol. The molecule has 0 radical (unpaired) electrons. The second-order valence-corrected chi connectivity index (χ2v) is 8.21. The molecule has 29 heavy (non-hydrogen) atoms. The van der Waals surface area contributed by atoms with E-state index < -0.39 is 0 Å². The molecule has 7 heteroatoms. The molecule has 2 N–H and O–H groups in total. The highest BCUT2D eigenvalue weighted by molar-refractivity contribution is 6.03. The Kier molecular flexibility index (Phi) is 5.13. The van der Waals surface area contributed by atoms with Crippen LogP contribution in [0.15, 0.2) is 47.3 Å². The third-order valence-corrected chi connectivity index (χ3v) is 5.60. The van der Waals surface area contributed by atoms with Gasteiger partial charge in [0.25, 0.3) is 11.5 Å². The summed E-state index contributed by atoms with van der Waals surface area (Å²) in [4.78, 5) is 39.4. The summed E-state index contributed by atoms with van der Waals surface area (Å²) in [6, 6.07) is 12.2. The van der Waals surface area contributed by atoms with E-state index in [2.05, 4.69) is 10.6 Å². The zero-order chi connectivity index (χ0) is 20.5. The predicted octanol–water partition coefficient (Wildman–Crippen LogP) is 2.64. The van der Waals surface area contributed by atoms with Crippen molar-refractivity contribution >= 4 is 17.6 Å². The van der Waals surface area contributed by atoms with E-state index in [9.17, 15) is 14.4 Å². The Morgan fingerprint density at radius 2 is 1.83 bits per heavy atom. The van der Waals surface area contributed by atoms with Gasteiger partial charge in [-0.2, -0.15) is 0 Å². The highest BCUT2D eigenvalue weighted by Crippen LogP contribution is 2.35. The fraction of sp³-hybridized carbons (Fsp3) is 0.409. The lowest BCUT2D eigenvalue weighted by Crippen LogP contribution is -2.50. The molecule has 7 nitrogen and oxygen atoms in total. The number of piperidine rings is 1. The molecule has 3 heterocycles. The molecule has 2 aliphatic heterocycles. The lowest BCUT2D eigenvalue weighted by molar-refractivity contribution is 0.0944. The fourth-order valence-corrected chi connectivity index (χ4v) is 4.39. The molecule has 152 valence electrons. The van der Waals surface area contributed by atoms with Gasteiger partial charge in [0.2, 0.25) is 0 Å². The van der Waals surface area contributed by atoms with Gasteiger partial charge in [0.05, 0.1) is 11.3 Å². The molecule has 2 bridgehead atoms. The number of nitrogens with one attached hydrogen (secondary N) is 2. The average Bonchev–Trinajstić information content (AvgIpc) is 2.68. The zero-order valence-electron chi connectivity index (χ0n) is 16.7. The van der Waals surface area contributed by atoms with Gasteiger partial charge in [-0.1, -0.05) is 18.2 Å². The van der Waals surface area contributed by atoms with Crippen molar-refractivity contribution in [2.45, 2.75) is 38.8 Å². The van der Waals surface area contributed by atoms with Crippen molar-refractivity contribution in [1.82, 2.24) is 14.8 Å². The van der Waals surface area contributed by atoms with Crippen molar-refractivity contribution < 1.29 is 9.59 Å². The molecule has 2 atom stereocenters. The second kappa shape index (κ2) is 7.73. The Morgan fingerprint density at radius 3 is 2.62 bits per heavy atom. The number of nitrogens with zero attached hydrogens (tertiary/aromatic N) is 2. The molecule has 4 rings (SSSR count). The number of hydrogen-bond donors (Lipinski definition) is 2. The van der Waals surface area contributed by atoms with Crippen LogP contribution in [0.4, 0.5) is 10.5 Å². The summed E-state index contributed by atoms with van der Waals surface area (Å²) in [5, 5.41) is 5.78. The number of para-hydroxylation sites is 1. The average molecular weight is 394 g/mol. The number of rotatable bonds is 3. The number of carbonyl (C=O) groups excluding carboxylic acids is 2. The third kappa shape index (κ3) is 3.90. The molecular formula is C22H26N4O3. The number of aromatic nitrogens is 1. The Labute approximate surface area is 169 Å². The van der Waals surface area contributed by atoms with Crippen LogP contribution in [0.3, 0.4) is 0 Å². The van der Waals surface area contributed by atoms with Crippen LogP contribution in [0.1, 0.15) is 42.2 Å². The summed E-state index contributed by atoms with van der Waals surface area (Å²) in [5.41, 5.74) is 1.98. The summed E-state index contributed by atoms with van der Waals surface area (Å²) in [6.45, 7) is 5.60. The number of likely N-dealkylation sites (tertiary alicyclic amines) is 1. The van der Waals surface area contributed by atoms with Crippen LogP contribution < -0.4 is 16.2 Å². The van der Waals surface area contributed by atoms with Crippen molar-refractivity contribution in [3.8, 4) is 0 Å². The van der Waals surface area contributed by atoms with Gasteiger partial charge in [-0.3, -0.25) is 9.59 Å². The lowest BCUT2D eigenvalue weighted by Gasteiger charge is -2.42. The summed E-state index contributed by atoms with van der Waals surface area (Å²) in [5.74, 6) is 0.202. The highest BCUT2D eigenvalue weighted by atomic mass is 16.2. The quantitative estimate of drug-likeness (QED) is 0.839. The number of anilines is 1. The first-order chi connectivity index (χ1) is 13.9. The van der Waals surface area contributed by atoms with E-state index in [1.54, 1.807) is 41.3 Å². The van der Waals surface area contributed by atoms with E-state index in [-0.39, 0.29) is 35.4 Å². The van der Waals surface area contributed by atoms with Crippen molar-refractivity contribution in [2.75, 3.05) is 18.4 Å². The second-order valence-electron chi connectivity index (χ2n) is 8.21. The number of pyridine rings is 1. The smallest absolute Gasteiger partial charge is 0.321 e. The van der Waals surface area contributed by atoms with Gasteiger partial charge in [0, 0.05) is 43.4 Å². The van der Waals surface area contributed by atoms with Crippen molar-refractivity contribution in [2.24, 2.45) is 5.92 Å². The normalized spacial score (nSPS) is 20.2. The van der Waals surface area contributed by atoms with E-state index >= 15 is 0 Å². The maximum atomic E-state index is 13.0. The van der Waals surface area contributed by atoms with E-state index in [0.717, 1.165) is 12.1 Å². The number of fused-ring (bicyclic) bond motifs is 4. The van der Waals surface area contributed by atoms with Crippen LogP contribution in [0.2, 0.25) is 0 Å². The molecular weight excluding hydrogens is 368 g/mol. The molecule has 1 aromatic heterocycles. The van der Waals surface area contributed by atoms with E-state index in [1.165, 1.54) is 0 Å². The van der Waals surface area contributed by atoms with Crippen LogP contribution in [0, 0.1) is 5.92 Å². The molecule has 1 unspecified atom stereocenters. The third-order valence-electron chi connectivity index (χ3n) is 5.60. The van der Waals surface area contributed by atoms with Gasteiger partial charge < -0.3 is 20.1 Å². The Morgan fingerprint density at radius 1 is 1.03 bits per heavy atom. The first-order valence-electron chi connectivity index (χ1n) is 10.1. The summed E-state index contributed by atoms with van der Waals surface area (Å²) < 4.78 is 1.85. The van der Waals surface area contributed by atoms with Gasteiger partial charge in [0.1, 0.15) is 0 Å². The van der Waals surface area contributed by atoms with Crippen LogP contribution in [0.5, 0.6) is 0 Å². The highest BCUT2D eigenvalue weighted by Gasteiger charge is 2.36. The van der Waals surface area contributed by atoms with Crippen LogP contribution in [-0.4, -0.2) is 40.5 Å². The van der Waals surface area contributed by atoms with Gasteiger partial charge in [-0.15, -0.1) is 0 Å². The first-order valence-corrected chi connectivity index (χ1v) is 10.1. The molecule has 3 amide bonds. The number of hydrogen-bond acceptors (Lipinski definition) is 3. The summed E-state index contributed by atoms with van der Waals surface area (Å²) in [7, 11) is 0. The molecule has 2 aromatic rings. The molecule has 0 aliphatic carbocycles. The first kappa shape index (κ1) is 19.2. The van der Waals surface area contributed by atoms with Gasteiger partial charge in [0.15, 0.2) is 0 Å². The Balaban J connectivity index is 1.51. The largest absolute Gasteiger partial charge is 0.350 e. The Bertz CT molecular complexity index is 998. The van der Waals surface area contributed by atoms with E-state index in [4.69, 9.17) is 0 Å². The topological polar surface area (TPSA) is 83.4 Å².